The molecule has 1 aliphatic heterocycles. The van der Waals surface area contributed by atoms with Gasteiger partial charge < -0.3 is 15.2 Å². The molecule has 0 aliphatic carbocycles. The monoisotopic (exact) mass is 403 g/mol. The second-order valence-corrected chi connectivity index (χ2v) is 7.61. The maximum absolute atomic E-state index is 13.7. The molecule has 152 valence electrons. The zero-order valence-corrected chi connectivity index (χ0v) is 16.5. The first-order chi connectivity index (χ1) is 14.7. The van der Waals surface area contributed by atoms with E-state index in [1.807, 2.05) is 24.3 Å². The Hall–Kier alpha value is -3.32. The molecule has 2 N–H and O–H groups in total. The molecule has 2 aromatic heterocycles. The number of para-hydroxylation sites is 1. The Bertz CT molecular complexity index is 1230. The highest BCUT2D eigenvalue weighted by Crippen LogP contribution is 2.30. The summed E-state index contributed by atoms with van der Waals surface area (Å²) < 4.78 is 13.7. The van der Waals surface area contributed by atoms with Gasteiger partial charge in [0.2, 0.25) is 0 Å². The fraction of sp³-hybridized carbons (Fsp3) is 0.261. The van der Waals surface area contributed by atoms with Gasteiger partial charge in [-0.15, -0.1) is 0 Å². The maximum Gasteiger partial charge on any atom is 0.179 e. The minimum absolute atomic E-state index is 0.364. The molecule has 0 amide bonds. The third kappa shape index (κ3) is 3.41. The number of nitrogens with zero attached hydrogens (tertiary/aromatic N) is 3. The highest BCUT2D eigenvalue weighted by atomic mass is 19.1. The van der Waals surface area contributed by atoms with Gasteiger partial charge in [0.25, 0.3) is 0 Å². The third-order valence-electron chi connectivity index (χ3n) is 5.66. The number of nitrogens with one attached hydrogen (secondary N) is 2. The first-order valence-electron chi connectivity index (χ1n) is 10.2. The van der Waals surface area contributed by atoms with E-state index in [1.54, 1.807) is 6.07 Å². The van der Waals surface area contributed by atoms with E-state index < -0.39 is 0 Å². The number of fused-ring (bicyclic) bond motifs is 2. The number of aldehydes is 1. The van der Waals surface area contributed by atoms with E-state index >= 15 is 0 Å². The van der Waals surface area contributed by atoms with E-state index in [9.17, 15) is 9.18 Å². The number of anilines is 1. The number of carbonyl (C=O) groups excluding carboxylic acids is 1. The van der Waals surface area contributed by atoms with Crippen molar-refractivity contribution in [2.75, 3.05) is 31.5 Å². The van der Waals surface area contributed by atoms with Gasteiger partial charge in [0.05, 0.1) is 16.8 Å². The number of halogens is 1. The van der Waals surface area contributed by atoms with E-state index in [1.165, 1.54) is 25.0 Å². The number of H-pyrrole nitrogens is 1. The SMILES string of the molecule is O=Cc1c(-c2nc(NCCN3CCCC3)c3ccccc3n2)[nH]c2ccc(F)cc12. The Balaban J connectivity index is 1.56. The van der Waals surface area contributed by atoms with E-state index in [-0.39, 0.29) is 5.82 Å². The van der Waals surface area contributed by atoms with Crippen LogP contribution in [-0.4, -0.2) is 52.3 Å². The van der Waals surface area contributed by atoms with Crippen molar-refractivity contribution in [1.82, 2.24) is 19.9 Å². The molecular weight excluding hydrogens is 381 g/mol. The molecule has 30 heavy (non-hydrogen) atoms. The summed E-state index contributed by atoms with van der Waals surface area (Å²) in [6, 6.07) is 12.1. The van der Waals surface area contributed by atoms with Crippen molar-refractivity contribution in [3.63, 3.8) is 0 Å². The summed E-state index contributed by atoms with van der Waals surface area (Å²) in [6.45, 7) is 4.02. The maximum atomic E-state index is 13.7. The van der Waals surface area contributed by atoms with Crippen LogP contribution in [0, 0.1) is 5.82 Å². The van der Waals surface area contributed by atoms with Crippen LogP contribution in [0.3, 0.4) is 0 Å². The van der Waals surface area contributed by atoms with Gasteiger partial charge in [0.15, 0.2) is 12.1 Å². The van der Waals surface area contributed by atoms with Crippen molar-refractivity contribution in [2.45, 2.75) is 12.8 Å². The quantitative estimate of drug-likeness (QED) is 0.471. The number of rotatable bonds is 6. The molecule has 1 saturated heterocycles. The van der Waals surface area contributed by atoms with E-state index in [4.69, 9.17) is 4.98 Å². The Morgan fingerprint density at radius 3 is 2.77 bits per heavy atom. The van der Waals surface area contributed by atoms with Gasteiger partial charge in [-0.3, -0.25) is 4.79 Å². The summed E-state index contributed by atoms with van der Waals surface area (Å²) in [5, 5.41) is 4.91. The smallest absolute Gasteiger partial charge is 0.179 e. The molecule has 0 unspecified atom stereocenters. The normalized spacial score (nSPS) is 14.6. The lowest BCUT2D eigenvalue weighted by atomic mass is 10.1. The molecule has 5 rings (SSSR count). The molecule has 1 aliphatic rings. The lowest BCUT2D eigenvalue weighted by Crippen LogP contribution is -2.26. The molecule has 0 radical (unpaired) electrons. The van der Waals surface area contributed by atoms with Gasteiger partial charge in [-0.25, -0.2) is 14.4 Å². The average Bonchev–Trinajstić information content (AvgIpc) is 3.40. The molecule has 0 spiro atoms. The van der Waals surface area contributed by atoms with Crippen LogP contribution in [-0.2, 0) is 0 Å². The van der Waals surface area contributed by atoms with E-state index in [2.05, 4.69) is 20.2 Å². The predicted octanol–water partition coefficient (Wildman–Crippen LogP) is 4.24. The minimum atomic E-state index is -0.389. The fourth-order valence-electron chi connectivity index (χ4n) is 4.15. The van der Waals surface area contributed by atoms with Crippen LogP contribution in [0.5, 0.6) is 0 Å². The standard InChI is InChI=1S/C23H22FN5O/c24-15-7-8-20-17(13-15)18(14-30)21(26-20)23-27-19-6-2-1-5-16(19)22(28-23)25-9-12-29-10-3-4-11-29/h1-2,5-8,13-14,26H,3-4,9-12H2,(H,25,27,28). The molecule has 1 fully saturated rings. The molecule has 3 heterocycles. The zero-order valence-electron chi connectivity index (χ0n) is 16.5. The minimum Gasteiger partial charge on any atom is -0.368 e. The topological polar surface area (TPSA) is 73.9 Å². The van der Waals surface area contributed by atoms with Gasteiger partial charge in [0, 0.05) is 29.4 Å². The zero-order chi connectivity index (χ0) is 20.5. The lowest BCUT2D eigenvalue weighted by Gasteiger charge is -2.16. The third-order valence-corrected chi connectivity index (χ3v) is 5.66. The van der Waals surface area contributed by atoms with Gasteiger partial charge in [-0.05, 0) is 56.3 Å². The molecule has 0 bridgehead atoms. The van der Waals surface area contributed by atoms with Crippen molar-refractivity contribution >= 4 is 33.9 Å². The number of likely N-dealkylation sites (tertiary alicyclic amines) is 1. The van der Waals surface area contributed by atoms with Crippen molar-refractivity contribution in [3.8, 4) is 11.5 Å². The molecule has 4 aromatic rings. The number of hydrogen-bond donors (Lipinski definition) is 2. The molecule has 0 atom stereocenters. The molecule has 0 saturated carbocycles. The second-order valence-electron chi connectivity index (χ2n) is 7.61. The molecule has 7 heteroatoms. The summed E-state index contributed by atoms with van der Waals surface area (Å²) in [6.07, 6.45) is 3.25. The molecule has 6 nitrogen and oxygen atoms in total. The van der Waals surface area contributed by atoms with Gasteiger partial charge in [-0.1, -0.05) is 12.1 Å². The van der Waals surface area contributed by atoms with Gasteiger partial charge in [0.1, 0.15) is 11.6 Å². The number of hydrogen-bond acceptors (Lipinski definition) is 5. The summed E-state index contributed by atoms with van der Waals surface area (Å²) in [7, 11) is 0. The fourth-order valence-corrected chi connectivity index (χ4v) is 4.15. The lowest BCUT2D eigenvalue weighted by molar-refractivity contribution is 0.112. The van der Waals surface area contributed by atoms with Crippen LogP contribution >= 0.6 is 0 Å². The van der Waals surface area contributed by atoms with Crippen molar-refractivity contribution in [2.24, 2.45) is 0 Å². The summed E-state index contributed by atoms with van der Waals surface area (Å²) >= 11 is 0. The first-order valence-corrected chi connectivity index (χ1v) is 10.2. The van der Waals surface area contributed by atoms with Crippen LogP contribution in [0.25, 0.3) is 33.3 Å². The highest BCUT2D eigenvalue weighted by Gasteiger charge is 2.18. The second kappa shape index (κ2) is 7.84. The largest absolute Gasteiger partial charge is 0.368 e. The van der Waals surface area contributed by atoms with Crippen molar-refractivity contribution in [1.29, 1.82) is 0 Å². The summed E-state index contributed by atoms with van der Waals surface area (Å²) in [5.41, 5.74) is 2.32. The summed E-state index contributed by atoms with van der Waals surface area (Å²) in [5.74, 6) is 0.757. The Kier molecular flexibility index (Phi) is 4.88. The number of aromatic nitrogens is 3. The predicted molar refractivity (Wildman–Crippen MR) is 116 cm³/mol. The first kappa shape index (κ1) is 18.7. The Labute approximate surface area is 173 Å². The Morgan fingerprint density at radius 1 is 1.10 bits per heavy atom. The van der Waals surface area contributed by atoms with Gasteiger partial charge in [-0.2, -0.15) is 0 Å². The number of benzene rings is 2. The Morgan fingerprint density at radius 2 is 1.93 bits per heavy atom. The molecular formula is C23H22FN5O. The van der Waals surface area contributed by atoms with Crippen molar-refractivity contribution < 1.29 is 9.18 Å². The molecule has 2 aromatic carbocycles. The summed E-state index contributed by atoms with van der Waals surface area (Å²) in [4.78, 5) is 26.9. The van der Waals surface area contributed by atoms with Crippen LogP contribution in [0.1, 0.15) is 23.2 Å². The number of aromatic amines is 1. The average molecular weight is 403 g/mol. The van der Waals surface area contributed by atoms with E-state index in [0.29, 0.717) is 28.0 Å². The van der Waals surface area contributed by atoms with Crippen molar-refractivity contribution in [3.05, 3.63) is 53.8 Å². The van der Waals surface area contributed by atoms with Crippen LogP contribution in [0.2, 0.25) is 0 Å². The van der Waals surface area contributed by atoms with Crippen LogP contribution in [0.15, 0.2) is 42.5 Å². The van der Waals surface area contributed by atoms with Crippen LogP contribution in [0.4, 0.5) is 10.2 Å². The highest BCUT2D eigenvalue weighted by molar-refractivity contribution is 6.04. The number of carbonyl (C=O) groups is 1. The van der Waals surface area contributed by atoms with Gasteiger partial charge >= 0.3 is 0 Å². The van der Waals surface area contributed by atoms with E-state index in [0.717, 1.165) is 49.2 Å². The van der Waals surface area contributed by atoms with Crippen LogP contribution < -0.4 is 5.32 Å².